The van der Waals surface area contributed by atoms with Gasteiger partial charge >= 0.3 is 5.97 Å². The Labute approximate surface area is 123 Å². The van der Waals surface area contributed by atoms with E-state index in [2.05, 4.69) is 30.8 Å². The maximum absolute atomic E-state index is 11.6. The quantitative estimate of drug-likeness (QED) is 0.824. The van der Waals surface area contributed by atoms with Gasteiger partial charge in [-0.3, -0.25) is 9.20 Å². The van der Waals surface area contributed by atoms with Crippen molar-refractivity contribution in [3.05, 3.63) is 17.0 Å². The van der Waals surface area contributed by atoms with E-state index in [4.69, 9.17) is 10.5 Å². The van der Waals surface area contributed by atoms with Crippen molar-refractivity contribution in [3.8, 4) is 0 Å². The van der Waals surface area contributed by atoms with Gasteiger partial charge in [0.05, 0.1) is 13.0 Å². The summed E-state index contributed by atoms with van der Waals surface area (Å²) in [6, 6.07) is 0. The monoisotopic (exact) mass is 339 g/mol. The van der Waals surface area contributed by atoms with Crippen LogP contribution >= 0.6 is 15.9 Å². The summed E-state index contributed by atoms with van der Waals surface area (Å²) in [7, 11) is 1.42. The van der Waals surface area contributed by atoms with Gasteiger partial charge in [-0.1, -0.05) is 0 Å². The number of hydrogen-bond acceptors (Lipinski definition) is 6. The molecule has 0 aliphatic carbocycles. The maximum Gasteiger partial charge on any atom is 0.310 e. The molecule has 3 rings (SSSR count). The highest BCUT2D eigenvalue weighted by atomic mass is 79.9. The predicted molar refractivity (Wildman–Crippen MR) is 77.4 cm³/mol. The van der Waals surface area contributed by atoms with Crippen molar-refractivity contribution >= 4 is 39.2 Å². The molecule has 0 unspecified atom stereocenters. The minimum atomic E-state index is -0.173. The summed E-state index contributed by atoms with van der Waals surface area (Å²) in [5.41, 5.74) is 6.61. The Kier molecular flexibility index (Phi) is 3.25. The molecule has 1 aliphatic heterocycles. The summed E-state index contributed by atoms with van der Waals surface area (Å²) in [6.07, 6.45) is 4.21. The van der Waals surface area contributed by atoms with Crippen LogP contribution in [-0.2, 0) is 9.53 Å². The van der Waals surface area contributed by atoms with E-state index < -0.39 is 0 Å². The Morgan fingerprint density at radius 3 is 3.15 bits per heavy atom. The van der Waals surface area contributed by atoms with E-state index in [1.807, 2.05) is 10.6 Å². The number of nitrogen functional groups attached to an aromatic ring is 1. The first-order valence-electron chi connectivity index (χ1n) is 6.22. The Morgan fingerprint density at radius 1 is 1.60 bits per heavy atom. The molecule has 0 saturated carbocycles. The molecule has 2 aromatic heterocycles. The van der Waals surface area contributed by atoms with Crippen molar-refractivity contribution in [3.63, 3.8) is 0 Å². The summed E-state index contributed by atoms with van der Waals surface area (Å²) < 4.78 is 7.33. The molecular formula is C12H14BrN5O2. The molecule has 0 aromatic carbocycles. The van der Waals surface area contributed by atoms with E-state index in [0.29, 0.717) is 17.0 Å². The predicted octanol–water partition coefficient (Wildman–Crippen LogP) is 1.07. The first-order valence-corrected chi connectivity index (χ1v) is 7.02. The molecule has 0 spiro atoms. The zero-order valence-electron chi connectivity index (χ0n) is 10.9. The van der Waals surface area contributed by atoms with Gasteiger partial charge in [-0.15, -0.1) is 0 Å². The standard InChI is InChI=1S/C12H14BrN5O2/c1-20-11(19)7-2-4-17(6-7)12-16-9(13)8-10(14)15-3-5-18(8)12/h3,5,7H,2,4,6H2,1H3,(H2,14,15)/t7-/m0/s1. The molecule has 3 heterocycles. The number of nitrogens with zero attached hydrogens (tertiary/aromatic N) is 4. The first-order chi connectivity index (χ1) is 9.61. The van der Waals surface area contributed by atoms with E-state index >= 15 is 0 Å². The maximum atomic E-state index is 11.6. The van der Waals surface area contributed by atoms with Crippen LogP contribution in [0.15, 0.2) is 17.0 Å². The van der Waals surface area contributed by atoms with Crippen LogP contribution in [0.2, 0.25) is 0 Å². The molecule has 0 bridgehead atoms. The number of carbonyl (C=O) groups excluding carboxylic acids is 1. The summed E-state index contributed by atoms with van der Waals surface area (Å²) in [5, 5.41) is 0. The van der Waals surface area contributed by atoms with Gasteiger partial charge in [-0.2, -0.15) is 0 Å². The number of ether oxygens (including phenoxy) is 1. The lowest BCUT2D eigenvalue weighted by atomic mass is 10.1. The molecule has 2 N–H and O–H groups in total. The average molecular weight is 340 g/mol. The van der Waals surface area contributed by atoms with Gasteiger partial charge in [0, 0.05) is 25.5 Å². The fourth-order valence-electron chi connectivity index (χ4n) is 2.53. The lowest BCUT2D eigenvalue weighted by Gasteiger charge is -2.16. The number of anilines is 2. The minimum absolute atomic E-state index is 0.106. The average Bonchev–Trinajstić information content (AvgIpc) is 3.04. The van der Waals surface area contributed by atoms with Crippen molar-refractivity contribution in [1.82, 2.24) is 14.4 Å². The number of halogens is 1. The van der Waals surface area contributed by atoms with Crippen LogP contribution in [0.3, 0.4) is 0 Å². The number of methoxy groups -OCH3 is 1. The smallest absolute Gasteiger partial charge is 0.310 e. The van der Waals surface area contributed by atoms with Crippen molar-refractivity contribution in [2.24, 2.45) is 5.92 Å². The van der Waals surface area contributed by atoms with E-state index in [9.17, 15) is 4.79 Å². The number of carbonyl (C=O) groups is 1. The van der Waals surface area contributed by atoms with E-state index in [1.54, 1.807) is 6.20 Å². The Balaban J connectivity index is 1.96. The van der Waals surface area contributed by atoms with Crippen LogP contribution in [0.25, 0.3) is 5.52 Å². The zero-order valence-corrected chi connectivity index (χ0v) is 12.5. The van der Waals surface area contributed by atoms with Gasteiger partial charge in [0.25, 0.3) is 0 Å². The second-order valence-corrected chi connectivity index (χ2v) is 5.44. The normalized spacial score (nSPS) is 18.7. The number of hydrogen-bond donors (Lipinski definition) is 1. The van der Waals surface area contributed by atoms with E-state index in [0.717, 1.165) is 24.4 Å². The van der Waals surface area contributed by atoms with Crippen molar-refractivity contribution in [2.45, 2.75) is 6.42 Å². The van der Waals surface area contributed by atoms with E-state index in [-0.39, 0.29) is 11.9 Å². The third-order valence-corrected chi connectivity index (χ3v) is 4.08. The molecule has 106 valence electrons. The highest BCUT2D eigenvalue weighted by molar-refractivity contribution is 9.10. The van der Waals surface area contributed by atoms with Gasteiger partial charge in [0.1, 0.15) is 10.1 Å². The van der Waals surface area contributed by atoms with Gasteiger partial charge in [0.2, 0.25) is 5.95 Å². The van der Waals surface area contributed by atoms with E-state index in [1.165, 1.54) is 7.11 Å². The second-order valence-electron chi connectivity index (χ2n) is 4.69. The van der Waals surface area contributed by atoms with Crippen LogP contribution in [-0.4, -0.2) is 40.5 Å². The number of aromatic nitrogens is 3. The SMILES string of the molecule is COC(=O)[C@H]1CCN(c2nc(Br)c3c(N)nccn23)C1. The molecule has 7 nitrogen and oxygen atoms in total. The number of rotatable bonds is 2. The highest BCUT2D eigenvalue weighted by Crippen LogP contribution is 2.30. The molecule has 1 aliphatic rings. The van der Waals surface area contributed by atoms with Crippen LogP contribution in [0.4, 0.5) is 11.8 Å². The second kappa shape index (κ2) is 4.93. The van der Waals surface area contributed by atoms with Crippen molar-refractivity contribution in [1.29, 1.82) is 0 Å². The Morgan fingerprint density at radius 2 is 2.40 bits per heavy atom. The fraction of sp³-hybridized carbons (Fsp3) is 0.417. The minimum Gasteiger partial charge on any atom is -0.469 e. The van der Waals surface area contributed by atoms with Crippen LogP contribution < -0.4 is 10.6 Å². The Hall–Kier alpha value is -1.83. The summed E-state index contributed by atoms with van der Waals surface area (Å²) >= 11 is 3.40. The highest BCUT2D eigenvalue weighted by Gasteiger charge is 2.31. The molecular weight excluding hydrogens is 326 g/mol. The molecule has 2 aromatic rings. The largest absolute Gasteiger partial charge is 0.469 e. The molecule has 1 fully saturated rings. The third-order valence-electron chi connectivity index (χ3n) is 3.53. The topological polar surface area (TPSA) is 85.8 Å². The molecule has 0 radical (unpaired) electrons. The Bertz CT molecular complexity index is 671. The van der Waals surface area contributed by atoms with Gasteiger partial charge in [-0.05, 0) is 22.4 Å². The van der Waals surface area contributed by atoms with Gasteiger partial charge in [0.15, 0.2) is 5.82 Å². The summed E-state index contributed by atoms with van der Waals surface area (Å²) in [6.45, 7) is 1.36. The van der Waals surface area contributed by atoms with Gasteiger partial charge < -0.3 is 15.4 Å². The lowest BCUT2D eigenvalue weighted by molar-refractivity contribution is -0.144. The van der Waals surface area contributed by atoms with Crippen LogP contribution in [0.5, 0.6) is 0 Å². The number of imidazole rings is 1. The van der Waals surface area contributed by atoms with Gasteiger partial charge in [-0.25, -0.2) is 9.97 Å². The summed E-state index contributed by atoms with van der Waals surface area (Å²) in [5.74, 6) is 0.896. The molecule has 8 heteroatoms. The van der Waals surface area contributed by atoms with Crippen molar-refractivity contribution < 1.29 is 9.53 Å². The number of fused-ring (bicyclic) bond motifs is 1. The molecule has 20 heavy (non-hydrogen) atoms. The molecule has 1 saturated heterocycles. The number of esters is 1. The molecule has 0 amide bonds. The first kappa shape index (κ1) is 13.2. The number of nitrogens with two attached hydrogens (primary N) is 1. The zero-order chi connectivity index (χ0) is 14.3. The third kappa shape index (κ3) is 2.00. The molecule has 1 atom stereocenters. The fourth-order valence-corrected chi connectivity index (χ4v) is 3.08. The van der Waals surface area contributed by atoms with Crippen LogP contribution in [0.1, 0.15) is 6.42 Å². The summed E-state index contributed by atoms with van der Waals surface area (Å²) in [4.78, 5) is 22.2. The van der Waals surface area contributed by atoms with Crippen molar-refractivity contribution in [2.75, 3.05) is 30.8 Å². The van der Waals surface area contributed by atoms with Crippen LogP contribution in [0, 0.1) is 5.92 Å². The lowest BCUT2D eigenvalue weighted by Crippen LogP contribution is -2.25.